The van der Waals surface area contributed by atoms with Crippen LogP contribution in [-0.4, -0.2) is 80.8 Å². The Balaban J connectivity index is 1.76. The number of hydrogen-bond acceptors (Lipinski definition) is 12. The number of esters is 1. The molecule has 2 amide bonds. The number of carbonyl (C=O) groups is 3. The van der Waals surface area contributed by atoms with Gasteiger partial charge in [0.05, 0.1) is 5.70 Å². The number of oxime groups is 1. The van der Waals surface area contributed by atoms with E-state index in [1.54, 1.807) is 0 Å². The first-order chi connectivity index (χ1) is 14.2. The van der Waals surface area contributed by atoms with Gasteiger partial charge in [0.25, 0.3) is 11.8 Å². The van der Waals surface area contributed by atoms with Crippen molar-refractivity contribution in [1.82, 2.24) is 15.2 Å². The molecule has 14 heteroatoms. The summed E-state index contributed by atoms with van der Waals surface area (Å²) in [6.45, 7) is 1.06. The second-order valence-corrected chi connectivity index (χ2v) is 8.19. The van der Waals surface area contributed by atoms with Crippen LogP contribution < -0.4 is 11.1 Å². The standard InChI is InChI=1S/C16H19N5O7S2/c1-6(22)28-3-7-4-29-14-10(13(24)21(14)11(7)15(25)26)19-12(23)9(20-27-2)8-5-30-16(17)18-8/h5,10,14-15,25-26H,3-4H2,1-2H3,(H2,17,18)(H,19,23)/b20-9-/t10-,14-/m1/s1. The highest BCUT2D eigenvalue weighted by atomic mass is 32.2. The lowest BCUT2D eigenvalue weighted by Gasteiger charge is -2.50. The van der Waals surface area contributed by atoms with E-state index in [9.17, 15) is 24.6 Å². The van der Waals surface area contributed by atoms with E-state index in [0.717, 1.165) is 11.3 Å². The fourth-order valence-corrected chi connectivity index (χ4v) is 4.86. The molecule has 162 valence electrons. The number of aliphatic hydroxyl groups is 2. The Bertz CT molecular complexity index is 929. The van der Waals surface area contributed by atoms with Crippen LogP contribution in [0.2, 0.25) is 0 Å². The fraction of sp³-hybridized carbons (Fsp3) is 0.438. The second-order valence-electron chi connectivity index (χ2n) is 6.20. The maximum atomic E-state index is 12.7. The summed E-state index contributed by atoms with van der Waals surface area (Å²) in [5, 5.41) is 26.9. The number of nitrogens with zero attached hydrogens (tertiary/aromatic N) is 3. The van der Waals surface area contributed by atoms with Gasteiger partial charge in [-0.05, 0) is 0 Å². The zero-order valence-electron chi connectivity index (χ0n) is 15.9. The summed E-state index contributed by atoms with van der Waals surface area (Å²) in [6.07, 6.45) is -1.94. The molecule has 30 heavy (non-hydrogen) atoms. The van der Waals surface area contributed by atoms with Crippen molar-refractivity contribution in [3.8, 4) is 0 Å². The van der Waals surface area contributed by atoms with Crippen molar-refractivity contribution in [2.45, 2.75) is 24.6 Å². The number of fused-ring (bicyclic) bond motifs is 1. The molecule has 1 saturated heterocycles. The first-order valence-corrected chi connectivity index (χ1v) is 10.5. The lowest BCUT2D eigenvalue weighted by atomic mass is 10.0. The van der Waals surface area contributed by atoms with Crippen molar-refractivity contribution >= 4 is 51.7 Å². The molecule has 0 aromatic carbocycles. The molecule has 5 N–H and O–H groups in total. The molecule has 1 fully saturated rings. The number of nitrogens with one attached hydrogen (secondary N) is 1. The maximum Gasteiger partial charge on any atom is 0.302 e. The van der Waals surface area contributed by atoms with Crippen LogP contribution in [0.4, 0.5) is 5.13 Å². The van der Waals surface area contributed by atoms with E-state index in [0.29, 0.717) is 5.57 Å². The molecule has 2 aliphatic rings. The van der Waals surface area contributed by atoms with E-state index in [-0.39, 0.29) is 34.6 Å². The normalized spacial score (nSPS) is 21.3. The molecule has 0 saturated carbocycles. The Kier molecular flexibility index (Phi) is 6.60. The Morgan fingerprint density at radius 1 is 1.50 bits per heavy atom. The molecule has 3 rings (SSSR count). The van der Waals surface area contributed by atoms with Gasteiger partial charge in [-0.25, -0.2) is 4.98 Å². The van der Waals surface area contributed by atoms with Gasteiger partial charge in [-0.3, -0.25) is 19.3 Å². The SMILES string of the molecule is CO/N=C(\C(=O)N[C@@H]1C(=O)N2C(C(O)O)=C(COC(C)=O)CS[C@H]12)c1csc(N)n1. The van der Waals surface area contributed by atoms with Gasteiger partial charge in [-0.15, -0.1) is 23.1 Å². The van der Waals surface area contributed by atoms with Gasteiger partial charge >= 0.3 is 5.97 Å². The van der Waals surface area contributed by atoms with E-state index in [4.69, 9.17) is 15.3 Å². The van der Waals surface area contributed by atoms with Gasteiger partial charge in [0.15, 0.2) is 17.1 Å². The zero-order valence-corrected chi connectivity index (χ0v) is 17.5. The smallest absolute Gasteiger partial charge is 0.302 e. The van der Waals surface area contributed by atoms with Crippen molar-refractivity contribution in [2.24, 2.45) is 5.16 Å². The highest BCUT2D eigenvalue weighted by Crippen LogP contribution is 2.41. The summed E-state index contributed by atoms with van der Waals surface area (Å²) < 4.78 is 4.92. The molecule has 3 heterocycles. The van der Waals surface area contributed by atoms with Gasteiger partial charge in [0, 0.05) is 23.6 Å². The van der Waals surface area contributed by atoms with Crippen LogP contribution in [0.3, 0.4) is 0 Å². The number of hydrogen-bond donors (Lipinski definition) is 4. The number of aromatic nitrogens is 1. The van der Waals surface area contributed by atoms with E-state index in [1.807, 2.05) is 0 Å². The highest BCUT2D eigenvalue weighted by Gasteiger charge is 2.54. The van der Waals surface area contributed by atoms with Crippen molar-refractivity contribution in [3.05, 3.63) is 22.3 Å². The van der Waals surface area contributed by atoms with Crippen LogP contribution in [0, 0.1) is 0 Å². The minimum absolute atomic E-state index is 0.0476. The van der Waals surface area contributed by atoms with Gasteiger partial charge < -0.3 is 30.8 Å². The molecular formula is C16H19N5O7S2. The first kappa shape index (κ1) is 22.0. The third-order valence-electron chi connectivity index (χ3n) is 4.24. The zero-order chi connectivity index (χ0) is 22.0. The summed E-state index contributed by atoms with van der Waals surface area (Å²) in [6, 6.07) is -0.926. The summed E-state index contributed by atoms with van der Waals surface area (Å²) >= 11 is 2.40. The van der Waals surface area contributed by atoms with E-state index < -0.39 is 35.5 Å². The van der Waals surface area contributed by atoms with Crippen LogP contribution in [0.15, 0.2) is 21.8 Å². The number of thioether (sulfide) groups is 1. The van der Waals surface area contributed by atoms with Crippen LogP contribution in [0.5, 0.6) is 0 Å². The minimum Gasteiger partial charge on any atom is -0.461 e. The molecule has 2 atom stereocenters. The van der Waals surface area contributed by atoms with Gasteiger partial charge in [0.2, 0.25) is 0 Å². The maximum absolute atomic E-state index is 12.7. The molecule has 1 aromatic heterocycles. The molecule has 0 bridgehead atoms. The average Bonchev–Trinajstić information content (AvgIpc) is 3.13. The number of β-lactam (4-membered cyclic amide) rings is 1. The number of anilines is 1. The first-order valence-electron chi connectivity index (χ1n) is 8.54. The fourth-order valence-electron chi connectivity index (χ4n) is 2.97. The topological polar surface area (TPSA) is 177 Å². The second kappa shape index (κ2) is 8.99. The molecule has 0 aliphatic carbocycles. The number of carbonyl (C=O) groups excluding carboxylic acids is 3. The predicted octanol–water partition coefficient (Wildman–Crippen LogP) is -1.40. The number of ether oxygens (including phenoxy) is 1. The summed E-state index contributed by atoms with van der Waals surface area (Å²) in [5.74, 6) is -1.49. The summed E-state index contributed by atoms with van der Waals surface area (Å²) in [4.78, 5) is 46.3. The third-order valence-corrected chi connectivity index (χ3v) is 6.25. The van der Waals surface area contributed by atoms with Gasteiger partial charge in [0.1, 0.15) is 30.8 Å². The number of aliphatic hydroxyl groups excluding tert-OH is 1. The Morgan fingerprint density at radius 3 is 2.80 bits per heavy atom. The Hall–Kier alpha value is -2.68. The summed E-state index contributed by atoms with van der Waals surface area (Å²) in [7, 11) is 1.26. The molecule has 2 aliphatic heterocycles. The van der Waals surface area contributed by atoms with Crippen molar-refractivity contribution in [2.75, 3.05) is 25.2 Å². The van der Waals surface area contributed by atoms with E-state index >= 15 is 0 Å². The largest absolute Gasteiger partial charge is 0.461 e. The molecule has 0 spiro atoms. The van der Waals surface area contributed by atoms with E-state index in [1.165, 1.54) is 36.1 Å². The summed E-state index contributed by atoms with van der Waals surface area (Å²) in [5.41, 5.74) is 6.00. The lowest BCUT2D eigenvalue weighted by molar-refractivity contribution is -0.149. The van der Waals surface area contributed by atoms with E-state index in [2.05, 4.69) is 15.5 Å². The Labute approximate surface area is 178 Å². The van der Waals surface area contributed by atoms with Crippen LogP contribution >= 0.6 is 23.1 Å². The monoisotopic (exact) mass is 457 g/mol. The van der Waals surface area contributed by atoms with Crippen LogP contribution in [-0.2, 0) is 24.0 Å². The van der Waals surface area contributed by atoms with Gasteiger partial charge in [-0.1, -0.05) is 5.16 Å². The number of nitrogens with two attached hydrogens (primary N) is 1. The average molecular weight is 457 g/mol. The van der Waals surface area contributed by atoms with Gasteiger partial charge in [-0.2, -0.15) is 0 Å². The quantitative estimate of drug-likeness (QED) is 0.125. The highest BCUT2D eigenvalue weighted by molar-refractivity contribution is 8.00. The Morgan fingerprint density at radius 2 is 2.23 bits per heavy atom. The molecule has 0 radical (unpaired) electrons. The molecule has 0 unspecified atom stereocenters. The van der Waals surface area contributed by atoms with Crippen LogP contribution in [0.1, 0.15) is 12.6 Å². The van der Waals surface area contributed by atoms with Crippen LogP contribution in [0.25, 0.3) is 0 Å². The van der Waals surface area contributed by atoms with Crippen molar-refractivity contribution < 1.29 is 34.2 Å². The third kappa shape index (κ3) is 4.26. The lowest BCUT2D eigenvalue weighted by Crippen LogP contribution is -2.71. The molecule has 1 aromatic rings. The van der Waals surface area contributed by atoms with Crippen molar-refractivity contribution in [3.63, 3.8) is 0 Å². The minimum atomic E-state index is -1.94. The number of nitrogen functional groups attached to an aromatic ring is 1. The number of amides is 2. The molecule has 12 nitrogen and oxygen atoms in total. The molecular weight excluding hydrogens is 438 g/mol. The number of rotatable bonds is 7. The van der Waals surface area contributed by atoms with Crippen molar-refractivity contribution in [1.29, 1.82) is 0 Å². The predicted molar refractivity (Wildman–Crippen MR) is 107 cm³/mol. The number of thiazole rings is 1.